The van der Waals surface area contributed by atoms with E-state index >= 15 is 0 Å². The minimum atomic E-state index is 0.206. The summed E-state index contributed by atoms with van der Waals surface area (Å²) in [6, 6.07) is 16.3. The molecule has 1 fully saturated rings. The fraction of sp³-hybridized carbons (Fsp3) is 0.364. The van der Waals surface area contributed by atoms with Gasteiger partial charge in [0.2, 0.25) is 5.89 Å². The van der Waals surface area contributed by atoms with Crippen LogP contribution < -0.4 is 14.4 Å². The van der Waals surface area contributed by atoms with Crippen molar-refractivity contribution in [2.45, 2.75) is 19.1 Å². The standard InChI is InChI=1S/C22H26N4O3/c1-25(2)18-11-12-26(14-18)17-9-7-16(8-10-17)22-24-23-21(29-22)15-28-20-6-4-5-19(13-20)27-3/h4-10,13,18H,11-12,14-15H2,1-3H3. The number of benzene rings is 2. The molecule has 0 saturated carbocycles. The number of methoxy groups -OCH3 is 1. The van der Waals surface area contributed by atoms with Gasteiger partial charge in [0.15, 0.2) is 6.61 Å². The number of hydrogen-bond donors (Lipinski definition) is 0. The molecule has 1 atom stereocenters. The first-order valence-electron chi connectivity index (χ1n) is 9.73. The lowest BCUT2D eigenvalue weighted by Crippen LogP contribution is -2.31. The molecular weight excluding hydrogens is 368 g/mol. The van der Waals surface area contributed by atoms with Gasteiger partial charge in [0.05, 0.1) is 7.11 Å². The first-order chi connectivity index (χ1) is 14.1. The molecule has 0 aliphatic carbocycles. The van der Waals surface area contributed by atoms with Crippen molar-refractivity contribution in [3.63, 3.8) is 0 Å². The van der Waals surface area contributed by atoms with Crippen LogP contribution in [0.5, 0.6) is 11.5 Å². The molecule has 1 aliphatic heterocycles. The highest BCUT2D eigenvalue weighted by atomic mass is 16.5. The van der Waals surface area contributed by atoms with Gasteiger partial charge in [-0.1, -0.05) is 6.07 Å². The molecule has 3 aromatic rings. The SMILES string of the molecule is COc1cccc(OCc2nnc(-c3ccc(N4CCC(N(C)C)C4)cc3)o2)c1. The van der Waals surface area contributed by atoms with E-state index in [9.17, 15) is 0 Å². The van der Waals surface area contributed by atoms with E-state index in [0.29, 0.717) is 23.6 Å². The molecule has 7 heteroatoms. The molecule has 1 unspecified atom stereocenters. The van der Waals surface area contributed by atoms with Gasteiger partial charge in [0.1, 0.15) is 11.5 Å². The fourth-order valence-electron chi connectivity index (χ4n) is 3.48. The minimum absolute atomic E-state index is 0.206. The Morgan fingerprint density at radius 3 is 2.62 bits per heavy atom. The summed E-state index contributed by atoms with van der Waals surface area (Å²) in [5.41, 5.74) is 2.12. The molecular formula is C22H26N4O3. The predicted octanol–water partition coefficient (Wildman–Crippen LogP) is 3.46. The molecule has 2 aromatic carbocycles. The quantitative estimate of drug-likeness (QED) is 0.608. The summed E-state index contributed by atoms with van der Waals surface area (Å²) in [7, 11) is 5.91. The lowest BCUT2D eigenvalue weighted by molar-refractivity contribution is 0.263. The van der Waals surface area contributed by atoms with Crippen LogP contribution in [0.1, 0.15) is 12.3 Å². The second-order valence-corrected chi connectivity index (χ2v) is 7.37. The average Bonchev–Trinajstić information content (AvgIpc) is 3.43. The van der Waals surface area contributed by atoms with Gasteiger partial charge in [-0.2, -0.15) is 0 Å². The van der Waals surface area contributed by atoms with Crippen LogP contribution in [-0.4, -0.2) is 55.4 Å². The first-order valence-corrected chi connectivity index (χ1v) is 9.73. The molecule has 2 heterocycles. The second kappa shape index (κ2) is 8.53. The number of ether oxygens (including phenoxy) is 2. The molecule has 7 nitrogen and oxygen atoms in total. The third-order valence-electron chi connectivity index (χ3n) is 5.24. The molecule has 0 amide bonds. The second-order valence-electron chi connectivity index (χ2n) is 7.37. The topological polar surface area (TPSA) is 63.9 Å². The van der Waals surface area contributed by atoms with Gasteiger partial charge < -0.3 is 23.7 Å². The zero-order valence-electron chi connectivity index (χ0n) is 17.0. The summed E-state index contributed by atoms with van der Waals surface area (Å²) in [6.07, 6.45) is 1.19. The van der Waals surface area contributed by atoms with Crippen molar-refractivity contribution in [2.24, 2.45) is 0 Å². The zero-order valence-corrected chi connectivity index (χ0v) is 17.0. The number of anilines is 1. The van der Waals surface area contributed by atoms with Gasteiger partial charge in [-0.25, -0.2) is 0 Å². The van der Waals surface area contributed by atoms with Crippen molar-refractivity contribution in [3.8, 4) is 23.0 Å². The summed E-state index contributed by atoms with van der Waals surface area (Å²) >= 11 is 0. The van der Waals surface area contributed by atoms with Crippen molar-refractivity contribution in [1.29, 1.82) is 0 Å². The van der Waals surface area contributed by atoms with Crippen LogP contribution in [0.25, 0.3) is 11.5 Å². The van der Waals surface area contributed by atoms with Gasteiger partial charge >= 0.3 is 0 Å². The van der Waals surface area contributed by atoms with Crippen LogP contribution in [0.15, 0.2) is 52.9 Å². The van der Waals surface area contributed by atoms with Crippen LogP contribution in [0.2, 0.25) is 0 Å². The maximum atomic E-state index is 5.76. The smallest absolute Gasteiger partial charge is 0.254 e. The third kappa shape index (κ3) is 4.51. The minimum Gasteiger partial charge on any atom is -0.497 e. The van der Waals surface area contributed by atoms with Gasteiger partial charge in [-0.05, 0) is 56.9 Å². The number of nitrogens with zero attached hydrogens (tertiary/aromatic N) is 4. The lowest BCUT2D eigenvalue weighted by atomic mass is 10.2. The van der Waals surface area contributed by atoms with Crippen LogP contribution in [0, 0.1) is 0 Å². The summed E-state index contributed by atoms with van der Waals surface area (Å²) in [5, 5.41) is 8.24. The highest BCUT2D eigenvalue weighted by Crippen LogP contribution is 2.26. The molecule has 0 spiro atoms. The number of likely N-dealkylation sites (N-methyl/N-ethyl adjacent to an activating group) is 1. The Morgan fingerprint density at radius 2 is 1.90 bits per heavy atom. The fourth-order valence-corrected chi connectivity index (χ4v) is 3.48. The summed E-state index contributed by atoms with van der Waals surface area (Å²) < 4.78 is 16.7. The highest BCUT2D eigenvalue weighted by molar-refractivity contribution is 5.59. The monoisotopic (exact) mass is 394 g/mol. The van der Waals surface area contributed by atoms with E-state index in [1.165, 1.54) is 12.1 Å². The Bertz CT molecular complexity index is 939. The number of aromatic nitrogens is 2. The maximum Gasteiger partial charge on any atom is 0.254 e. The lowest BCUT2D eigenvalue weighted by Gasteiger charge is -2.21. The molecule has 1 saturated heterocycles. The average molecular weight is 394 g/mol. The van der Waals surface area contributed by atoms with Gasteiger partial charge in [0.25, 0.3) is 5.89 Å². The zero-order chi connectivity index (χ0) is 20.2. The van der Waals surface area contributed by atoms with E-state index in [0.717, 1.165) is 24.4 Å². The molecule has 0 bridgehead atoms. The van der Waals surface area contributed by atoms with Gasteiger partial charge in [-0.3, -0.25) is 0 Å². The van der Waals surface area contributed by atoms with Crippen molar-refractivity contribution in [2.75, 3.05) is 39.2 Å². The van der Waals surface area contributed by atoms with E-state index in [1.807, 2.05) is 36.4 Å². The van der Waals surface area contributed by atoms with Gasteiger partial charge in [0, 0.05) is 36.4 Å². The van der Waals surface area contributed by atoms with Crippen LogP contribution in [0.4, 0.5) is 5.69 Å². The number of rotatable bonds is 7. The Balaban J connectivity index is 1.38. The Labute approximate surface area is 170 Å². The normalized spacial score (nSPS) is 16.4. The predicted molar refractivity (Wildman–Crippen MR) is 111 cm³/mol. The summed E-state index contributed by atoms with van der Waals surface area (Å²) in [5.74, 6) is 2.35. The van der Waals surface area contributed by atoms with E-state index in [4.69, 9.17) is 13.9 Å². The molecule has 1 aromatic heterocycles. The Kier molecular flexibility index (Phi) is 5.67. The van der Waals surface area contributed by atoms with E-state index in [-0.39, 0.29) is 6.61 Å². The third-order valence-corrected chi connectivity index (χ3v) is 5.24. The Hall–Kier alpha value is -3.06. The molecule has 0 radical (unpaired) electrons. The van der Waals surface area contributed by atoms with Crippen molar-refractivity contribution in [3.05, 3.63) is 54.4 Å². The van der Waals surface area contributed by atoms with E-state index < -0.39 is 0 Å². The molecule has 4 rings (SSSR count). The van der Waals surface area contributed by atoms with Crippen LogP contribution in [-0.2, 0) is 6.61 Å². The Morgan fingerprint density at radius 1 is 1.10 bits per heavy atom. The highest BCUT2D eigenvalue weighted by Gasteiger charge is 2.24. The first kappa shape index (κ1) is 19.3. The molecule has 1 aliphatic rings. The largest absolute Gasteiger partial charge is 0.497 e. The van der Waals surface area contributed by atoms with Crippen molar-refractivity contribution in [1.82, 2.24) is 15.1 Å². The number of hydrogen-bond acceptors (Lipinski definition) is 7. The van der Waals surface area contributed by atoms with Crippen molar-refractivity contribution >= 4 is 5.69 Å². The van der Waals surface area contributed by atoms with E-state index in [1.54, 1.807) is 7.11 Å². The molecule has 152 valence electrons. The van der Waals surface area contributed by atoms with E-state index in [2.05, 4.69) is 46.2 Å². The molecule has 29 heavy (non-hydrogen) atoms. The van der Waals surface area contributed by atoms with Crippen LogP contribution >= 0.6 is 0 Å². The molecule has 0 N–H and O–H groups in total. The maximum absolute atomic E-state index is 5.76. The van der Waals surface area contributed by atoms with Gasteiger partial charge in [-0.15, -0.1) is 10.2 Å². The summed E-state index contributed by atoms with van der Waals surface area (Å²) in [4.78, 5) is 4.71. The summed E-state index contributed by atoms with van der Waals surface area (Å²) in [6.45, 7) is 2.34. The van der Waals surface area contributed by atoms with Crippen LogP contribution in [0.3, 0.4) is 0 Å². The van der Waals surface area contributed by atoms with Crippen molar-refractivity contribution < 1.29 is 13.9 Å².